The van der Waals surface area contributed by atoms with Gasteiger partial charge in [0.15, 0.2) is 0 Å². The third kappa shape index (κ3) is 4.10. The smallest absolute Gasteiger partial charge is 0.0658 e. The highest BCUT2D eigenvalue weighted by Gasteiger charge is 2.13. The van der Waals surface area contributed by atoms with Gasteiger partial charge < -0.3 is 10.1 Å². The zero-order valence-corrected chi connectivity index (χ0v) is 8.02. The number of hydrogen-bond donors (Lipinski definition) is 1. The lowest BCUT2D eigenvalue weighted by atomic mass is 10.1. The molecule has 0 radical (unpaired) electrons. The Balaban J connectivity index is 1.87. The fourth-order valence-electron chi connectivity index (χ4n) is 1.40. The molecule has 1 saturated heterocycles. The standard InChI is InChI=1S/C9H16ClNO/c10-4-1-6-12-7-3-9-2-5-11-8-9/h1,4,9,11H,2-3,5-8H2/b4-1+. The molecule has 0 aromatic carbocycles. The first kappa shape index (κ1) is 10.0. The fraction of sp³-hybridized carbons (Fsp3) is 0.778. The highest BCUT2D eigenvalue weighted by molar-refractivity contribution is 6.25. The van der Waals surface area contributed by atoms with E-state index in [1.807, 2.05) is 6.08 Å². The average molecular weight is 190 g/mol. The number of halogens is 1. The zero-order chi connectivity index (χ0) is 8.65. The molecule has 0 saturated carbocycles. The first-order valence-corrected chi connectivity index (χ1v) is 4.91. The highest BCUT2D eigenvalue weighted by atomic mass is 35.5. The molecule has 0 aromatic heterocycles. The number of ether oxygens (including phenoxy) is 1. The van der Waals surface area contributed by atoms with Crippen molar-refractivity contribution in [1.82, 2.24) is 5.32 Å². The van der Waals surface area contributed by atoms with Crippen LogP contribution in [0.2, 0.25) is 0 Å². The monoisotopic (exact) mass is 189 g/mol. The molecule has 12 heavy (non-hydrogen) atoms. The molecule has 0 amide bonds. The normalized spacial score (nSPS) is 23.9. The van der Waals surface area contributed by atoms with Gasteiger partial charge in [0.2, 0.25) is 0 Å². The second-order valence-electron chi connectivity index (χ2n) is 3.08. The molecule has 1 unspecified atom stereocenters. The quantitative estimate of drug-likeness (QED) is 0.666. The summed E-state index contributed by atoms with van der Waals surface area (Å²) in [5.41, 5.74) is 1.50. The van der Waals surface area contributed by atoms with Crippen LogP contribution in [0.4, 0.5) is 0 Å². The molecule has 2 nitrogen and oxygen atoms in total. The van der Waals surface area contributed by atoms with Crippen molar-refractivity contribution in [2.45, 2.75) is 12.8 Å². The molecule has 1 N–H and O–H groups in total. The molecule has 3 heteroatoms. The largest absolute Gasteiger partial charge is 0.377 e. The maximum absolute atomic E-state index is 5.34. The Bertz CT molecular complexity index is 132. The molecular formula is C9H16ClNO. The molecule has 1 heterocycles. The molecule has 0 aromatic rings. The topological polar surface area (TPSA) is 21.3 Å². The molecule has 1 fully saturated rings. The van der Waals surface area contributed by atoms with E-state index in [0.29, 0.717) is 6.61 Å². The van der Waals surface area contributed by atoms with E-state index in [2.05, 4.69) is 5.32 Å². The summed E-state index contributed by atoms with van der Waals surface area (Å²) >= 11 is 5.34. The predicted octanol–water partition coefficient (Wildman–Crippen LogP) is 1.76. The first-order valence-electron chi connectivity index (χ1n) is 4.47. The van der Waals surface area contributed by atoms with E-state index in [-0.39, 0.29) is 0 Å². The third-order valence-corrected chi connectivity index (χ3v) is 2.31. The molecule has 0 aliphatic carbocycles. The van der Waals surface area contributed by atoms with Gasteiger partial charge in [-0.3, -0.25) is 0 Å². The summed E-state index contributed by atoms with van der Waals surface area (Å²) in [6.45, 7) is 3.83. The van der Waals surface area contributed by atoms with E-state index in [1.165, 1.54) is 24.9 Å². The van der Waals surface area contributed by atoms with Gasteiger partial charge >= 0.3 is 0 Å². The van der Waals surface area contributed by atoms with Gasteiger partial charge in [-0.15, -0.1) is 0 Å². The molecule has 0 bridgehead atoms. The van der Waals surface area contributed by atoms with Crippen LogP contribution in [0, 0.1) is 5.92 Å². The van der Waals surface area contributed by atoms with E-state index in [1.54, 1.807) is 0 Å². The van der Waals surface area contributed by atoms with Gasteiger partial charge in [0.05, 0.1) is 6.61 Å². The summed E-state index contributed by atoms with van der Waals surface area (Å²) in [5.74, 6) is 0.824. The minimum Gasteiger partial charge on any atom is -0.377 e. The summed E-state index contributed by atoms with van der Waals surface area (Å²) in [6.07, 6.45) is 4.28. The van der Waals surface area contributed by atoms with Gasteiger partial charge in [0.25, 0.3) is 0 Å². The summed E-state index contributed by atoms with van der Waals surface area (Å²) in [5, 5.41) is 3.33. The van der Waals surface area contributed by atoms with Crippen molar-refractivity contribution in [3.05, 3.63) is 11.6 Å². The van der Waals surface area contributed by atoms with Gasteiger partial charge in [-0.1, -0.05) is 11.6 Å². The molecule has 70 valence electrons. The van der Waals surface area contributed by atoms with E-state index >= 15 is 0 Å². The van der Waals surface area contributed by atoms with Crippen LogP contribution in [0.3, 0.4) is 0 Å². The Morgan fingerprint density at radius 2 is 2.50 bits per heavy atom. The van der Waals surface area contributed by atoms with E-state index in [0.717, 1.165) is 19.1 Å². The van der Waals surface area contributed by atoms with Crippen LogP contribution in [-0.2, 0) is 4.74 Å². The van der Waals surface area contributed by atoms with E-state index in [9.17, 15) is 0 Å². The molecule has 0 spiro atoms. The highest BCUT2D eigenvalue weighted by Crippen LogP contribution is 2.11. The van der Waals surface area contributed by atoms with Crippen molar-refractivity contribution in [1.29, 1.82) is 0 Å². The Morgan fingerprint density at radius 1 is 1.58 bits per heavy atom. The van der Waals surface area contributed by atoms with Crippen LogP contribution < -0.4 is 5.32 Å². The first-order chi connectivity index (χ1) is 5.93. The minimum absolute atomic E-state index is 0.643. The van der Waals surface area contributed by atoms with Crippen LogP contribution in [0.5, 0.6) is 0 Å². The molecule has 1 atom stereocenters. The Hall–Kier alpha value is -0.0500. The van der Waals surface area contributed by atoms with Crippen LogP contribution >= 0.6 is 11.6 Å². The van der Waals surface area contributed by atoms with Crippen molar-refractivity contribution in [3.63, 3.8) is 0 Å². The zero-order valence-electron chi connectivity index (χ0n) is 7.26. The van der Waals surface area contributed by atoms with Crippen LogP contribution in [-0.4, -0.2) is 26.3 Å². The summed E-state index contributed by atoms with van der Waals surface area (Å²) in [7, 11) is 0. The van der Waals surface area contributed by atoms with Crippen molar-refractivity contribution in [2.24, 2.45) is 5.92 Å². The maximum atomic E-state index is 5.34. The van der Waals surface area contributed by atoms with Crippen molar-refractivity contribution >= 4 is 11.6 Å². The molecular weight excluding hydrogens is 174 g/mol. The number of rotatable bonds is 5. The number of nitrogens with one attached hydrogen (secondary N) is 1. The van der Waals surface area contributed by atoms with Gasteiger partial charge in [0, 0.05) is 12.1 Å². The Labute approximate surface area is 78.9 Å². The second-order valence-corrected chi connectivity index (χ2v) is 3.34. The summed E-state index contributed by atoms with van der Waals surface area (Å²) in [4.78, 5) is 0. The van der Waals surface area contributed by atoms with Crippen LogP contribution in [0.25, 0.3) is 0 Å². The molecule has 1 aliphatic heterocycles. The van der Waals surface area contributed by atoms with Gasteiger partial charge in [0.1, 0.15) is 0 Å². The summed E-state index contributed by atoms with van der Waals surface area (Å²) < 4.78 is 5.34. The van der Waals surface area contributed by atoms with E-state index < -0.39 is 0 Å². The number of hydrogen-bond acceptors (Lipinski definition) is 2. The Kier molecular flexibility index (Phi) is 5.41. The maximum Gasteiger partial charge on any atom is 0.0658 e. The lowest BCUT2D eigenvalue weighted by Gasteiger charge is -2.06. The van der Waals surface area contributed by atoms with Crippen molar-refractivity contribution in [3.8, 4) is 0 Å². The predicted molar refractivity (Wildman–Crippen MR) is 51.4 cm³/mol. The van der Waals surface area contributed by atoms with Crippen LogP contribution in [0.15, 0.2) is 11.6 Å². The minimum atomic E-state index is 0.643. The molecule has 1 rings (SSSR count). The Morgan fingerprint density at radius 3 is 3.17 bits per heavy atom. The van der Waals surface area contributed by atoms with Gasteiger partial charge in [-0.2, -0.15) is 0 Å². The van der Waals surface area contributed by atoms with Gasteiger partial charge in [-0.05, 0) is 37.9 Å². The van der Waals surface area contributed by atoms with Crippen LogP contribution in [0.1, 0.15) is 12.8 Å². The van der Waals surface area contributed by atoms with E-state index in [4.69, 9.17) is 16.3 Å². The van der Waals surface area contributed by atoms with Crippen molar-refractivity contribution in [2.75, 3.05) is 26.3 Å². The SMILES string of the molecule is Cl/C=C/COCCC1CCNC1. The lowest BCUT2D eigenvalue weighted by Crippen LogP contribution is -2.10. The summed E-state index contributed by atoms with van der Waals surface area (Å²) in [6, 6.07) is 0. The third-order valence-electron chi connectivity index (χ3n) is 2.14. The lowest BCUT2D eigenvalue weighted by molar-refractivity contribution is 0.147. The van der Waals surface area contributed by atoms with Crippen molar-refractivity contribution < 1.29 is 4.74 Å². The fourth-order valence-corrected chi connectivity index (χ4v) is 1.47. The van der Waals surface area contributed by atoms with Gasteiger partial charge in [-0.25, -0.2) is 0 Å². The second kappa shape index (κ2) is 6.46. The molecule has 1 aliphatic rings. The average Bonchev–Trinajstić information content (AvgIpc) is 2.57.